The van der Waals surface area contributed by atoms with Gasteiger partial charge >= 0.3 is 5.97 Å². The third-order valence-electron chi connectivity index (χ3n) is 3.44. The predicted molar refractivity (Wildman–Crippen MR) is 89.0 cm³/mol. The zero-order chi connectivity index (χ0) is 18.9. The largest absolute Gasteiger partial charge is 0.469 e. The molecule has 1 aromatic carbocycles. The first-order chi connectivity index (χ1) is 12.6. The number of hydrogen-bond acceptors (Lipinski definition) is 8. The van der Waals surface area contributed by atoms with Crippen LogP contribution in [0.4, 0.5) is 5.69 Å². The van der Waals surface area contributed by atoms with Gasteiger partial charge in [-0.3, -0.25) is 24.7 Å². The number of nitrogens with zero attached hydrogens (tertiary/aromatic N) is 3. The van der Waals surface area contributed by atoms with Crippen molar-refractivity contribution in [3.05, 3.63) is 40.6 Å². The first-order valence-corrected chi connectivity index (χ1v) is 7.63. The number of fused-ring (bicyclic) bond motifs is 1. The molecule has 0 spiro atoms. The lowest BCUT2D eigenvalue weighted by atomic mass is 10.1. The van der Waals surface area contributed by atoms with E-state index in [4.69, 9.17) is 9.57 Å². The van der Waals surface area contributed by atoms with Crippen LogP contribution in [0.3, 0.4) is 0 Å². The number of rotatable bonds is 10. The van der Waals surface area contributed by atoms with Gasteiger partial charge in [-0.2, -0.15) is 0 Å². The Labute approximate surface area is 148 Å². The van der Waals surface area contributed by atoms with Crippen molar-refractivity contribution in [2.45, 2.75) is 12.8 Å². The van der Waals surface area contributed by atoms with Gasteiger partial charge in [0.2, 0.25) is 13.2 Å². The van der Waals surface area contributed by atoms with Crippen LogP contribution >= 0.6 is 0 Å². The Morgan fingerprint density at radius 1 is 1.38 bits per heavy atom. The number of aromatic nitrogens is 1. The van der Waals surface area contributed by atoms with Crippen LogP contribution in [0.15, 0.2) is 30.5 Å². The maximum Gasteiger partial charge on any atom is 0.305 e. The van der Waals surface area contributed by atoms with Crippen molar-refractivity contribution in [1.29, 1.82) is 0 Å². The second-order valence-corrected chi connectivity index (χ2v) is 5.06. The second-order valence-electron chi connectivity index (χ2n) is 5.06. The fraction of sp³-hybridized carbons (Fsp3) is 0.312. The van der Waals surface area contributed by atoms with Gasteiger partial charge in [0.15, 0.2) is 0 Å². The number of pyridine rings is 1. The minimum Gasteiger partial charge on any atom is -0.469 e. The van der Waals surface area contributed by atoms with Gasteiger partial charge in [-0.15, -0.1) is 0 Å². The summed E-state index contributed by atoms with van der Waals surface area (Å²) in [5.74, 6) is -0.0952. The molecule has 138 valence electrons. The normalized spacial score (nSPS) is 10.3. The molecule has 10 heteroatoms. The Morgan fingerprint density at radius 3 is 2.88 bits per heavy atom. The highest BCUT2D eigenvalue weighted by Crippen LogP contribution is 2.31. The summed E-state index contributed by atoms with van der Waals surface area (Å²) < 4.78 is 9.94. The van der Waals surface area contributed by atoms with E-state index in [2.05, 4.69) is 9.72 Å². The Morgan fingerprint density at radius 2 is 2.19 bits per heavy atom. The molecule has 0 saturated carbocycles. The highest BCUT2D eigenvalue weighted by atomic mass is 16.8. The van der Waals surface area contributed by atoms with Crippen molar-refractivity contribution in [2.24, 2.45) is 0 Å². The van der Waals surface area contributed by atoms with E-state index in [0.29, 0.717) is 23.7 Å². The third kappa shape index (κ3) is 4.86. The topological polar surface area (TPSA) is 121 Å². The Hall–Kier alpha value is -3.27. The summed E-state index contributed by atoms with van der Waals surface area (Å²) in [6.07, 6.45) is 2.48. The van der Waals surface area contributed by atoms with E-state index in [1.165, 1.54) is 25.4 Å². The smallest absolute Gasteiger partial charge is 0.305 e. The van der Waals surface area contributed by atoms with E-state index in [9.17, 15) is 19.7 Å². The van der Waals surface area contributed by atoms with Crippen LogP contribution in [-0.2, 0) is 19.2 Å². The molecule has 1 aromatic heterocycles. The van der Waals surface area contributed by atoms with E-state index in [-0.39, 0.29) is 37.2 Å². The Kier molecular flexibility index (Phi) is 6.80. The number of carbonyl (C=O) groups is 2. The van der Waals surface area contributed by atoms with E-state index in [0.717, 1.165) is 5.06 Å². The lowest BCUT2D eigenvalue weighted by molar-refractivity contribution is -0.383. The van der Waals surface area contributed by atoms with Gasteiger partial charge < -0.3 is 9.47 Å². The van der Waals surface area contributed by atoms with Crippen LogP contribution in [0, 0.1) is 10.1 Å². The van der Waals surface area contributed by atoms with Gasteiger partial charge in [0.1, 0.15) is 11.3 Å². The lowest BCUT2D eigenvalue weighted by Crippen LogP contribution is -2.26. The molecule has 0 saturated heterocycles. The Balaban J connectivity index is 1.97. The molecule has 2 aromatic rings. The molecular formula is C16H17N3O7. The molecule has 0 bridgehead atoms. The number of methoxy groups -OCH3 is 1. The van der Waals surface area contributed by atoms with Crippen LogP contribution in [0.1, 0.15) is 12.8 Å². The number of amides is 1. The lowest BCUT2D eigenvalue weighted by Gasteiger charge is -2.17. The molecule has 2 rings (SSSR count). The molecular weight excluding hydrogens is 346 g/mol. The van der Waals surface area contributed by atoms with E-state index in [1.807, 2.05) is 0 Å². The van der Waals surface area contributed by atoms with Gasteiger partial charge in [-0.05, 0) is 24.6 Å². The highest BCUT2D eigenvalue weighted by Gasteiger charge is 2.16. The number of benzene rings is 1. The molecule has 0 aliphatic heterocycles. The SMILES string of the molecule is COC(=O)CCCN(C=O)OCOc1ccc([N+](=O)[O-])c2cccnc12. The van der Waals surface area contributed by atoms with Crippen LogP contribution < -0.4 is 4.74 Å². The number of nitro groups is 1. The first kappa shape index (κ1) is 19.1. The maximum absolute atomic E-state index is 11.1. The highest BCUT2D eigenvalue weighted by molar-refractivity contribution is 5.92. The zero-order valence-corrected chi connectivity index (χ0v) is 14.0. The molecule has 0 atom stereocenters. The molecule has 26 heavy (non-hydrogen) atoms. The number of non-ortho nitro benzene ring substituents is 1. The standard InChI is InChI=1S/C16H17N3O7/c1-24-15(21)5-3-9-18(10-20)26-11-25-14-7-6-13(19(22)23)12-4-2-8-17-16(12)14/h2,4,6-8,10H,3,5,9,11H2,1H3. The molecule has 0 unspecified atom stereocenters. The van der Waals surface area contributed by atoms with Gasteiger partial charge in [-0.1, -0.05) is 0 Å². The number of hydroxylamine groups is 2. The van der Waals surface area contributed by atoms with E-state index >= 15 is 0 Å². The number of nitro benzene ring substituents is 1. The minimum absolute atomic E-state index is 0.0845. The summed E-state index contributed by atoms with van der Waals surface area (Å²) in [7, 11) is 1.28. The van der Waals surface area contributed by atoms with Crippen LogP contribution in [0.5, 0.6) is 5.75 Å². The Bertz CT molecular complexity index is 797. The molecule has 0 fully saturated rings. The van der Waals surface area contributed by atoms with Crippen molar-refractivity contribution in [1.82, 2.24) is 10.0 Å². The quantitative estimate of drug-likeness (QED) is 0.206. The van der Waals surface area contributed by atoms with E-state index < -0.39 is 4.92 Å². The van der Waals surface area contributed by atoms with Gasteiger partial charge in [0.05, 0.1) is 17.4 Å². The van der Waals surface area contributed by atoms with Crippen LogP contribution in [0.25, 0.3) is 10.9 Å². The summed E-state index contributed by atoms with van der Waals surface area (Å²) in [4.78, 5) is 41.8. The minimum atomic E-state index is -0.500. The number of hydrogen-bond donors (Lipinski definition) is 0. The van der Waals surface area contributed by atoms with Crippen molar-refractivity contribution >= 4 is 29.0 Å². The number of ether oxygens (including phenoxy) is 2. The summed E-state index contributed by atoms with van der Waals surface area (Å²) in [5.41, 5.74) is 0.229. The summed E-state index contributed by atoms with van der Waals surface area (Å²) in [6, 6.07) is 5.89. The number of esters is 1. The summed E-state index contributed by atoms with van der Waals surface area (Å²) >= 11 is 0. The van der Waals surface area contributed by atoms with Crippen LogP contribution in [0.2, 0.25) is 0 Å². The molecule has 1 heterocycles. The third-order valence-corrected chi connectivity index (χ3v) is 3.44. The molecule has 0 aliphatic rings. The average Bonchev–Trinajstić information content (AvgIpc) is 2.66. The van der Waals surface area contributed by atoms with Gasteiger partial charge in [0, 0.05) is 25.2 Å². The first-order valence-electron chi connectivity index (χ1n) is 7.63. The molecule has 0 N–H and O–H groups in total. The molecule has 0 radical (unpaired) electrons. The van der Waals surface area contributed by atoms with Gasteiger partial charge in [-0.25, -0.2) is 9.90 Å². The van der Waals surface area contributed by atoms with Gasteiger partial charge in [0.25, 0.3) is 5.69 Å². The monoisotopic (exact) mass is 363 g/mol. The fourth-order valence-corrected chi connectivity index (χ4v) is 2.19. The van der Waals surface area contributed by atoms with E-state index in [1.54, 1.807) is 12.1 Å². The second kappa shape index (κ2) is 9.28. The fourth-order valence-electron chi connectivity index (χ4n) is 2.19. The molecule has 0 aliphatic carbocycles. The molecule has 10 nitrogen and oxygen atoms in total. The maximum atomic E-state index is 11.1. The summed E-state index contributed by atoms with van der Waals surface area (Å²) in [5, 5.41) is 12.4. The van der Waals surface area contributed by atoms with Crippen molar-refractivity contribution < 1.29 is 28.8 Å². The van der Waals surface area contributed by atoms with Crippen LogP contribution in [-0.4, -0.2) is 47.8 Å². The average molecular weight is 363 g/mol. The van der Waals surface area contributed by atoms with Crippen molar-refractivity contribution in [3.8, 4) is 5.75 Å². The van der Waals surface area contributed by atoms with Crippen molar-refractivity contribution in [2.75, 3.05) is 20.4 Å². The molecule has 1 amide bonds. The predicted octanol–water partition coefficient (Wildman–Crippen LogP) is 1.82. The van der Waals surface area contributed by atoms with Crippen molar-refractivity contribution in [3.63, 3.8) is 0 Å². The number of carbonyl (C=O) groups excluding carboxylic acids is 2. The summed E-state index contributed by atoms with van der Waals surface area (Å²) in [6.45, 7) is -0.123. The zero-order valence-electron chi connectivity index (χ0n) is 14.0.